The van der Waals surface area contributed by atoms with E-state index in [1.807, 2.05) is 30.3 Å². The number of morpholine rings is 1. The van der Waals surface area contributed by atoms with Crippen LogP contribution in [0.3, 0.4) is 0 Å². The van der Waals surface area contributed by atoms with E-state index in [1.165, 1.54) is 6.54 Å². The molecule has 1 aliphatic heterocycles. The second-order valence-corrected chi connectivity index (χ2v) is 5.18. The van der Waals surface area contributed by atoms with Crippen molar-refractivity contribution < 1.29 is 14.4 Å². The minimum absolute atomic E-state index is 0.388. The maximum absolute atomic E-state index is 5.74. The van der Waals surface area contributed by atoms with Crippen LogP contribution in [0.25, 0.3) is 0 Å². The molecule has 0 radical (unpaired) electrons. The van der Waals surface area contributed by atoms with Gasteiger partial charge >= 0.3 is 0 Å². The van der Waals surface area contributed by atoms with E-state index < -0.39 is 0 Å². The van der Waals surface area contributed by atoms with Gasteiger partial charge in [0, 0.05) is 6.42 Å². The summed E-state index contributed by atoms with van der Waals surface area (Å²) in [7, 11) is 0. The normalized spacial score (nSPS) is 28.0. The maximum atomic E-state index is 5.74. The molecule has 1 fully saturated rings. The molecule has 100 valence electrons. The molecule has 1 aliphatic rings. The van der Waals surface area contributed by atoms with Gasteiger partial charge in [-0.25, -0.2) is 0 Å². The second kappa shape index (κ2) is 6.76. The lowest BCUT2D eigenvalue weighted by Gasteiger charge is -2.32. The fourth-order valence-corrected chi connectivity index (χ4v) is 2.62. The summed E-state index contributed by atoms with van der Waals surface area (Å²) >= 11 is 0. The van der Waals surface area contributed by atoms with Crippen molar-refractivity contribution in [2.75, 3.05) is 26.2 Å². The highest BCUT2D eigenvalue weighted by molar-refractivity contribution is 5.20. The SMILES string of the molecule is C[C@H]1C[NH+](CCCOc2ccccc2)C[C@H](C)O1. The maximum Gasteiger partial charge on any atom is 0.119 e. The van der Waals surface area contributed by atoms with Crippen LogP contribution in [0, 0.1) is 0 Å². The minimum atomic E-state index is 0.388. The van der Waals surface area contributed by atoms with Gasteiger partial charge in [-0.2, -0.15) is 0 Å². The summed E-state index contributed by atoms with van der Waals surface area (Å²) in [5.41, 5.74) is 0. The largest absolute Gasteiger partial charge is 0.493 e. The van der Waals surface area contributed by atoms with Crippen LogP contribution in [0.5, 0.6) is 5.75 Å². The number of ether oxygens (including phenoxy) is 2. The van der Waals surface area contributed by atoms with Gasteiger partial charge in [0.2, 0.25) is 0 Å². The third-order valence-corrected chi connectivity index (χ3v) is 3.30. The van der Waals surface area contributed by atoms with Gasteiger partial charge in [-0.05, 0) is 26.0 Å². The van der Waals surface area contributed by atoms with Gasteiger partial charge in [0.25, 0.3) is 0 Å². The van der Waals surface area contributed by atoms with Crippen molar-refractivity contribution in [3.8, 4) is 5.75 Å². The van der Waals surface area contributed by atoms with Crippen LogP contribution in [0.4, 0.5) is 0 Å². The van der Waals surface area contributed by atoms with E-state index in [0.717, 1.165) is 31.9 Å². The Bertz CT molecular complexity index is 332. The monoisotopic (exact) mass is 250 g/mol. The van der Waals surface area contributed by atoms with E-state index >= 15 is 0 Å². The number of rotatable bonds is 5. The zero-order valence-electron chi connectivity index (χ0n) is 11.4. The fourth-order valence-electron chi connectivity index (χ4n) is 2.62. The molecular formula is C15H24NO2+. The summed E-state index contributed by atoms with van der Waals surface area (Å²) in [6, 6.07) is 10.0. The molecule has 2 rings (SSSR count). The lowest BCUT2D eigenvalue weighted by molar-refractivity contribution is -0.915. The van der Waals surface area contributed by atoms with Gasteiger partial charge in [-0.15, -0.1) is 0 Å². The molecule has 1 heterocycles. The first-order valence-corrected chi connectivity index (χ1v) is 6.91. The molecule has 1 N–H and O–H groups in total. The molecular weight excluding hydrogens is 226 g/mol. The van der Waals surface area contributed by atoms with Gasteiger partial charge < -0.3 is 14.4 Å². The molecule has 0 bridgehead atoms. The van der Waals surface area contributed by atoms with Crippen molar-refractivity contribution >= 4 is 0 Å². The van der Waals surface area contributed by atoms with Crippen LogP contribution in [-0.2, 0) is 4.74 Å². The molecule has 3 heteroatoms. The van der Waals surface area contributed by atoms with Crippen LogP contribution in [0.2, 0.25) is 0 Å². The molecule has 0 aliphatic carbocycles. The Morgan fingerprint density at radius 3 is 2.50 bits per heavy atom. The van der Waals surface area contributed by atoms with E-state index in [9.17, 15) is 0 Å². The van der Waals surface area contributed by atoms with E-state index in [1.54, 1.807) is 4.90 Å². The Morgan fingerprint density at radius 1 is 1.17 bits per heavy atom. The second-order valence-electron chi connectivity index (χ2n) is 5.18. The Hall–Kier alpha value is -1.06. The molecule has 2 atom stereocenters. The topological polar surface area (TPSA) is 22.9 Å². The summed E-state index contributed by atoms with van der Waals surface area (Å²) in [5, 5.41) is 0. The molecule has 3 nitrogen and oxygen atoms in total. The van der Waals surface area contributed by atoms with Crippen LogP contribution < -0.4 is 9.64 Å². The highest BCUT2D eigenvalue weighted by atomic mass is 16.5. The predicted molar refractivity (Wildman–Crippen MR) is 72.1 cm³/mol. The van der Waals surface area contributed by atoms with Crippen molar-refractivity contribution in [3.05, 3.63) is 30.3 Å². The van der Waals surface area contributed by atoms with E-state index in [-0.39, 0.29) is 0 Å². The summed E-state index contributed by atoms with van der Waals surface area (Å²) < 4.78 is 11.4. The highest BCUT2D eigenvalue weighted by Gasteiger charge is 2.24. The predicted octanol–water partition coefficient (Wildman–Crippen LogP) is 1.15. The fraction of sp³-hybridized carbons (Fsp3) is 0.600. The Balaban J connectivity index is 1.63. The van der Waals surface area contributed by atoms with Crippen molar-refractivity contribution in [2.45, 2.75) is 32.5 Å². The number of para-hydroxylation sites is 1. The molecule has 0 saturated carbocycles. The van der Waals surface area contributed by atoms with Crippen LogP contribution in [0.15, 0.2) is 30.3 Å². The molecule has 0 amide bonds. The third-order valence-electron chi connectivity index (χ3n) is 3.30. The summed E-state index contributed by atoms with van der Waals surface area (Å²) in [5.74, 6) is 0.969. The van der Waals surface area contributed by atoms with Gasteiger partial charge in [-0.3, -0.25) is 0 Å². The smallest absolute Gasteiger partial charge is 0.119 e. The van der Waals surface area contributed by atoms with E-state index in [4.69, 9.17) is 9.47 Å². The van der Waals surface area contributed by atoms with Gasteiger partial charge in [-0.1, -0.05) is 18.2 Å². The molecule has 0 aromatic heterocycles. The average molecular weight is 250 g/mol. The molecule has 0 unspecified atom stereocenters. The first-order valence-electron chi connectivity index (χ1n) is 6.91. The van der Waals surface area contributed by atoms with Crippen molar-refractivity contribution in [2.24, 2.45) is 0 Å². The number of nitrogens with one attached hydrogen (secondary N) is 1. The average Bonchev–Trinajstić information content (AvgIpc) is 2.35. The molecule has 1 saturated heterocycles. The highest BCUT2D eigenvalue weighted by Crippen LogP contribution is 2.08. The summed E-state index contributed by atoms with van der Waals surface area (Å²) in [6.45, 7) is 8.54. The van der Waals surface area contributed by atoms with Crippen molar-refractivity contribution in [1.82, 2.24) is 0 Å². The number of quaternary nitrogens is 1. The zero-order chi connectivity index (χ0) is 12.8. The molecule has 18 heavy (non-hydrogen) atoms. The summed E-state index contributed by atoms with van der Waals surface area (Å²) in [4.78, 5) is 1.64. The number of benzene rings is 1. The first kappa shape index (κ1) is 13.4. The standard InChI is InChI=1S/C15H23NO2/c1-13-11-16(12-14(2)18-13)9-6-10-17-15-7-4-3-5-8-15/h3-5,7-8,13-14H,6,9-12H2,1-2H3/p+1/t13-,14-/m0/s1. The number of hydrogen-bond acceptors (Lipinski definition) is 2. The Kier molecular flexibility index (Phi) is 5.02. The van der Waals surface area contributed by atoms with Crippen LogP contribution >= 0.6 is 0 Å². The molecule has 1 aromatic rings. The minimum Gasteiger partial charge on any atom is -0.493 e. The molecule has 0 spiro atoms. The number of hydrogen-bond donors (Lipinski definition) is 1. The third kappa shape index (κ3) is 4.31. The van der Waals surface area contributed by atoms with Crippen LogP contribution in [-0.4, -0.2) is 38.4 Å². The van der Waals surface area contributed by atoms with Crippen LogP contribution in [0.1, 0.15) is 20.3 Å². The van der Waals surface area contributed by atoms with Crippen molar-refractivity contribution in [3.63, 3.8) is 0 Å². The van der Waals surface area contributed by atoms with Gasteiger partial charge in [0.1, 0.15) is 31.0 Å². The molecule has 1 aromatic carbocycles. The lowest BCUT2D eigenvalue weighted by atomic mass is 10.2. The lowest BCUT2D eigenvalue weighted by Crippen LogP contribution is -3.15. The van der Waals surface area contributed by atoms with Gasteiger partial charge in [0.05, 0.1) is 13.2 Å². The Labute approximate surface area is 110 Å². The Morgan fingerprint density at radius 2 is 1.83 bits per heavy atom. The zero-order valence-corrected chi connectivity index (χ0v) is 11.4. The quantitative estimate of drug-likeness (QED) is 0.792. The summed E-state index contributed by atoms with van der Waals surface area (Å²) in [6.07, 6.45) is 1.88. The van der Waals surface area contributed by atoms with Gasteiger partial charge in [0.15, 0.2) is 0 Å². The van der Waals surface area contributed by atoms with Crippen molar-refractivity contribution in [1.29, 1.82) is 0 Å². The van der Waals surface area contributed by atoms with E-state index in [2.05, 4.69) is 13.8 Å². The van der Waals surface area contributed by atoms with E-state index in [0.29, 0.717) is 12.2 Å². The first-order chi connectivity index (χ1) is 8.74.